The number of likely N-dealkylation sites (N-methyl/N-ethyl adjacent to an activating group) is 1. The number of sulfonamides is 1. The zero-order valence-corrected chi connectivity index (χ0v) is 20.3. The monoisotopic (exact) mass is 477 g/mol. The van der Waals surface area contributed by atoms with Crippen molar-refractivity contribution >= 4 is 15.9 Å². The fraction of sp³-hybridized carbons (Fsp3) is 0.296. The van der Waals surface area contributed by atoms with E-state index in [9.17, 15) is 13.2 Å². The Morgan fingerprint density at radius 3 is 1.74 bits per heavy atom. The van der Waals surface area contributed by atoms with Gasteiger partial charge in [-0.3, -0.25) is 9.69 Å². The molecular formula is C27H31N3O3S. The largest absolute Gasteiger partial charge is 0.339 e. The maximum atomic E-state index is 13.1. The average Bonchev–Trinajstić information content (AvgIpc) is 2.89. The Labute approximate surface area is 202 Å². The number of nitrogens with zero attached hydrogens (tertiary/aromatic N) is 3. The minimum Gasteiger partial charge on any atom is -0.339 e. The highest BCUT2D eigenvalue weighted by atomic mass is 32.2. The van der Waals surface area contributed by atoms with Gasteiger partial charge in [0.1, 0.15) is 0 Å². The lowest BCUT2D eigenvalue weighted by molar-refractivity contribution is -0.133. The van der Waals surface area contributed by atoms with Crippen molar-refractivity contribution in [2.24, 2.45) is 0 Å². The standard InChI is InChI=1S/C27H31N3O3S/c1-2-30(34(32,33)25-16-10-5-11-17-25)22-26(31)28-18-20-29(21-19-28)27(23-12-6-3-7-13-23)24-14-8-4-9-15-24/h3-17,27H,2,18-22H2,1H3. The molecule has 6 nitrogen and oxygen atoms in total. The number of carbonyl (C=O) groups excluding carboxylic acids is 1. The zero-order valence-electron chi connectivity index (χ0n) is 19.5. The molecule has 1 aliphatic rings. The van der Waals surface area contributed by atoms with E-state index in [4.69, 9.17) is 0 Å². The smallest absolute Gasteiger partial charge is 0.243 e. The number of carbonyl (C=O) groups is 1. The Kier molecular flexibility index (Phi) is 7.77. The summed E-state index contributed by atoms with van der Waals surface area (Å²) in [6.07, 6.45) is 0. The normalized spacial score (nSPS) is 15.1. The van der Waals surface area contributed by atoms with Crippen LogP contribution >= 0.6 is 0 Å². The zero-order chi connectivity index (χ0) is 24.0. The van der Waals surface area contributed by atoms with Gasteiger partial charge in [-0.15, -0.1) is 0 Å². The van der Waals surface area contributed by atoms with Crippen molar-refractivity contribution in [1.29, 1.82) is 0 Å². The van der Waals surface area contributed by atoms with Crippen LogP contribution in [0.15, 0.2) is 95.9 Å². The van der Waals surface area contributed by atoms with Gasteiger partial charge in [-0.25, -0.2) is 8.42 Å². The van der Waals surface area contributed by atoms with Crippen LogP contribution in [-0.4, -0.2) is 67.7 Å². The molecule has 178 valence electrons. The predicted octanol–water partition coefficient (Wildman–Crippen LogP) is 3.63. The van der Waals surface area contributed by atoms with Crippen LogP contribution in [0.3, 0.4) is 0 Å². The minimum atomic E-state index is -3.71. The molecular weight excluding hydrogens is 446 g/mol. The van der Waals surface area contributed by atoms with Gasteiger partial charge in [0.05, 0.1) is 17.5 Å². The fourth-order valence-corrected chi connectivity index (χ4v) is 5.89. The lowest BCUT2D eigenvalue weighted by atomic mass is 9.96. The first-order valence-corrected chi connectivity index (χ1v) is 13.1. The highest BCUT2D eigenvalue weighted by Crippen LogP contribution is 2.29. The molecule has 1 fully saturated rings. The summed E-state index contributed by atoms with van der Waals surface area (Å²) in [7, 11) is -3.71. The number of benzene rings is 3. The van der Waals surface area contributed by atoms with Gasteiger partial charge in [0, 0.05) is 32.7 Å². The third-order valence-electron chi connectivity index (χ3n) is 6.31. The summed E-state index contributed by atoms with van der Waals surface area (Å²) in [5.74, 6) is -0.156. The maximum Gasteiger partial charge on any atom is 0.243 e. The first-order chi connectivity index (χ1) is 16.5. The highest BCUT2D eigenvalue weighted by molar-refractivity contribution is 7.89. The summed E-state index contributed by atoms with van der Waals surface area (Å²) in [6.45, 7) is 4.43. The van der Waals surface area contributed by atoms with E-state index in [0.717, 1.165) is 13.1 Å². The van der Waals surface area contributed by atoms with Crippen LogP contribution in [-0.2, 0) is 14.8 Å². The van der Waals surface area contributed by atoms with Crippen LogP contribution < -0.4 is 0 Å². The van der Waals surface area contributed by atoms with E-state index in [0.29, 0.717) is 13.1 Å². The van der Waals surface area contributed by atoms with Crippen molar-refractivity contribution in [3.05, 3.63) is 102 Å². The van der Waals surface area contributed by atoms with Crippen LogP contribution in [0.1, 0.15) is 24.1 Å². The van der Waals surface area contributed by atoms with Gasteiger partial charge in [0.2, 0.25) is 15.9 Å². The van der Waals surface area contributed by atoms with Crippen LogP contribution in [0.2, 0.25) is 0 Å². The molecule has 0 N–H and O–H groups in total. The van der Waals surface area contributed by atoms with E-state index < -0.39 is 10.0 Å². The van der Waals surface area contributed by atoms with Crippen molar-refractivity contribution in [2.75, 3.05) is 39.3 Å². The van der Waals surface area contributed by atoms with Crippen molar-refractivity contribution in [3.63, 3.8) is 0 Å². The molecule has 1 aliphatic heterocycles. The molecule has 34 heavy (non-hydrogen) atoms. The third kappa shape index (κ3) is 5.38. The lowest BCUT2D eigenvalue weighted by Gasteiger charge is -2.40. The van der Waals surface area contributed by atoms with E-state index >= 15 is 0 Å². The first kappa shape index (κ1) is 24.1. The predicted molar refractivity (Wildman–Crippen MR) is 134 cm³/mol. The Morgan fingerprint density at radius 1 is 0.794 bits per heavy atom. The summed E-state index contributed by atoms with van der Waals surface area (Å²) in [5, 5.41) is 0. The molecule has 0 radical (unpaired) electrons. The Bertz CT molecular complexity index is 1120. The second-order valence-electron chi connectivity index (χ2n) is 8.38. The quantitative estimate of drug-likeness (QED) is 0.497. The molecule has 0 aliphatic carbocycles. The summed E-state index contributed by atoms with van der Waals surface area (Å²) in [5.41, 5.74) is 2.44. The first-order valence-electron chi connectivity index (χ1n) is 11.7. The summed E-state index contributed by atoms with van der Waals surface area (Å²) < 4.78 is 27.2. The second kappa shape index (κ2) is 11.0. The number of piperazine rings is 1. The molecule has 0 saturated carbocycles. The maximum absolute atomic E-state index is 13.1. The number of hydrogen-bond acceptors (Lipinski definition) is 4. The molecule has 1 heterocycles. The van der Waals surface area contributed by atoms with E-state index in [2.05, 4.69) is 53.4 Å². The molecule has 7 heteroatoms. The van der Waals surface area contributed by atoms with E-state index in [1.54, 1.807) is 42.2 Å². The molecule has 4 rings (SSSR count). The molecule has 3 aromatic carbocycles. The number of hydrogen-bond donors (Lipinski definition) is 0. The van der Waals surface area contributed by atoms with Crippen LogP contribution in [0.5, 0.6) is 0 Å². The van der Waals surface area contributed by atoms with Gasteiger partial charge in [0.15, 0.2) is 0 Å². The van der Waals surface area contributed by atoms with Crippen LogP contribution in [0, 0.1) is 0 Å². The summed E-state index contributed by atoms with van der Waals surface area (Å²) >= 11 is 0. The highest BCUT2D eigenvalue weighted by Gasteiger charge is 2.31. The number of amides is 1. The van der Waals surface area contributed by atoms with Crippen LogP contribution in [0.25, 0.3) is 0 Å². The van der Waals surface area contributed by atoms with Gasteiger partial charge in [-0.2, -0.15) is 4.31 Å². The molecule has 0 spiro atoms. The Morgan fingerprint density at radius 2 is 1.26 bits per heavy atom. The Hall–Kier alpha value is -3.00. The third-order valence-corrected chi connectivity index (χ3v) is 8.24. The minimum absolute atomic E-state index is 0.116. The molecule has 3 aromatic rings. The van der Waals surface area contributed by atoms with Gasteiger partial charge < -0.3 is 4.90 Å². The van der Waals surface area contributed by atoms with Gasteiger partial charge in [-0.1, -0.05) is 85.8 Å². The van der Waals surface area contributed by atoms with Gasteiger partial charge >= 0.3 is 0 Å². The van der Waals surface area contributed by atoms with Crippen molar-refractivity contribution in [2.45, 2.75) is 17.9 Å². The van der Waals surface area contributed by atoms with E-state index in [1.165, 1.54) is 15.4 Å². The van der Waals surface area contributed by atoms with Crippen molar-refractivity contribution in [1.82, 2.24) is 14.1 Å². The van der Waals surface area contributed by atoms with Gasteiger partial charge in [0.25, 0.3) is 0 Å². The van der Waals surface area contributed by atoms with Crippen LogP contribution in [0.4, 0.5) is 0 Å². The molecule has 0 bridgehead atoms. The summed E-state index contributed by atoms with van der Waals surface area (Å²) in [4.78, 5) is 17.5. The van der Waals surface area contributed by atoms with Gasteiger partial charge in [-0.05, 0) is 23.3 Å². The van der Waals surface area contributed by atoms with Crippen molar-refractivity contribution in [3.8, 4) is 0 Å². The van der Waals surface area contributed by atoms with E-state index in [-0.39, 0.29) is 29.9 Å². The second-order valence-corrected chi connectivity index (χ2v) is 10.3. The fourth-order valence-electron chi connectivity index (χ4n) is 4.47. The number of rotatable bonds is 8. The van der Waals surface area contributed by atoms with Crippen molar-refractivity contribution < 1.29 is 13.2 Å². The summed E-state index contributed by atoms with van der Waals surface area (Å²) in [6, 6.07) is 29.2. The molecule has 1 saturated heterocycles. The Balaban J connectivity index is 1.44. The lowest BCUT2D eigenvalue weighted by Crippen LogP contribution is -2.52. The molecule has 1 amide bonds. The molecule has 0 aromatic heterocycles. The molecule has 0 unspecified atom stereocenters. The molecule has 0 atom stereocenters. The van der Waals surface area contributed by atoms with E-state index in [1.807, 2.05) is 12.1 Å². The topological polar surface area (TPSA) is 60.9 Å². The average molecular weight is 478 g/mol. The SMILES string of the molecule is CCN(CC(=O)N1CCN(C(c2ccccc2)c2ccccc2)CC1)S(=O)(=O)c1ccccc1.